The Morgan fingerprint density at radius 2 is 2.00 bits per heavy atom. The molecule has 0 N–H and O–H groups in total. The van der Waals surface area contributed by atoms with E-state index in [2.05, 4.69) is 15.9 Å². The predicted molar refractivity (Wildman–Crippen MR) is 66.9 cm³/mol. The zero-order chi connectivity index (χ0) is 12.6. The summed E-state index contributed by atoms with van der Waals surface area (Å²) in [5, 5.41) is 0.383. The van der Waals surface area contributed by atoms with Crippen molar-refractivity contribution in [2.45, 2.75) is 39.7 Å². The molecule has 0 heterocycles. The van der Waals surface area contributed by atoms with Gasteiger partial charge >= 0.3 is 6.09 Å². The van der Waals surface area contributed by atoms with E-state index < -0.39 is 0 Å². The highest BCUT2D eigenvalue weighted by molar-refractivity contribution is 9.09. The molecule has 1 amide bonds. The molecule has 0 aromatic rings. The summed E-state index contributed by atoms with van der Waals surface area (Å²) in [5.74, 6) is 0.160. The van der Waals surface area contributed by atoms with Gasteiger partial charge in [-0.1, -0.05) is 15.9 Å². The quantitative estimate of drug-likeness (QED) is 0.678. The van der Waals surface area contributed by atoms with E-state index in [0.717, 1.165) is 0 Å². The summed E-state index contributed by atoms with van der Waals surface area (Å²) in [6, 6.07) is 0.0955. The topological polar surface area (TPSA) is 46.6 Å². The number of carbonyl (C=O) groups is 2. The number of rotatable bonds is 7. The van der Waals surface area contributed by atoms with Crippen LogP contribution in [-0.2, 0) is 9.53 Å². The van der Waals surface area contributed by atoms with E-state index in [1.807, 2.05) is 13.8 Å². The fourth-order valence-electron chi connectivity index (χ4n) is 1.28. The normalized spacial score (nSPS) is 10.3. The van der Waals surface area contributed by atoms with Crippen molar-refractivity contribution in [3.63, 3.8) is 0 Å². The van der Waals surface area contributed by atoms with Gasteiger partial charge in [-0.25, -0.2) is 4.79 Å². The van der Waals surface area contributed by atoms with Crippen molar-refractivity contribution in [2.24, 2.45) is 0 Å². The molecular weight excluding hydrogens is 274 g/mol. The third kappa shape index (κ3) is 6.10. The Bertz CT molecular complexity index is 231. The minimum absolute atomic E-state index is 0.0955. The number of halogens is 1. The maximum atomic E-state index is 11.5. The van der Waals surface area contributed by atoms with Gasteiger partial charge < -0.3 is 9.64 Å². The van der Waals surface area contributed by atoms with Gasteiger partial charge in [0.05, 0.1) is 11.9 Å². The number of amides is 1. The standard InChI is InChI=1S/C11H20BrNO3/c1-4-16-11(15)13(9(2)3)7-5-6-10(14)8-12/h9H,4-8H2,1-3H3. The molecule has 0 bridgehead atoms. The largest absolute Gasteiger partial charge is 0.450 e. The Morgan fingerprint density at radius 3 is 2.44 bits per heavy atom. The number of alkyl halides is 1. The van der Waals surface area contributed by atoms with E-state index in [4.69, 9.17) is 4.74 Å². The average molecular weight is 294 g/mol. The predicted octanol–water partition coefficient (Wildman–Crippen LogP) is 2.60. The summed E-state index contributed by atoms with van der Waals surface area (Å²) in [6.45, 7) is 6.59. The Balaban J connectivity index is 4.04. The van der Waals surface area contributed by atoms with Crippen LogP contribution >= 0.6 is 15.9 Å². The number of ether oxygens (including phenoxy) is 1. The summed E-state index contributed by atoms with van der Waals surface area (Å²) < 4.78 is 4.94. The molecule has 0 aliphatic heterocycles. The lowest BCUT2D eigenvalue weighted by Crippen LogP contribution is -2.38. The van der Waals surface area contributed by atoms with Crippen molar-refractivity contribution in [1.29, 1.82) is 0 Å². The van der Waals surface area contributed by atoms with E-state index in [-0.39, 0.29) is 17.9 Å². The number of hydrogen-bond donors (Lipinski definition) is 0. The lowest BCUT2D eigenvalue weighted by Gasteiger charge is -2.25. The number of hydrogen-bond acceptors (Lipinski definition) is 3. The lowest BCUT2D eigenvalue weighted by atomic mass is 10.2. The molecule has 0 spiro atoms. The molecule has 0 fully saturated rings. The van der Waals surface area contributed by atoms with E-state index in [1.54, 1.807) is 11.8 Å². The molecule has 0 saturated heterocycles. The van der Waals surface area contributed by atoms with Crippen LogP contribution in [0.2, 0.25) is 0 Å². The van der Waals surface area contributed by atoms with Gasteiger partial charge in [0.15, 0.2) is 0 Å². The van der Waals surface area contributed by atoms with Gasteiger partial charge in [0.1, 0.15) is 5.78 Å². The first-order valence-corrected chi connectivity index (χ1v) is 6.66. The van der Waals surface area contributed by atoms with Crippen LogP contribution in [0.4, 0.5) is 4.79 Å². The van der Waals surface area contributed by atoms with E-state index in [0.29, 0.717) is 31.3 Å². The molecule has 0 radical (unpaired) electrons. The van der Waals surface area contributed by atoms with Crippen molar-refractivity contribution in [3.8, 4) is 0 Å². The second-order valence-electron chi connectivity index (χ2n) is 3.76. The van der Waals surface area contributed by atoms with Gasteiger partial charge in [0, 0.05) is 19.0 Å². The molecule has 16 heavy (non-hydrogen) atoms. The smallest absolute Gasteiger partial charge is 0.409 e. The number of carbonyl (C=O) groups excluding carboxylic acids is 2. The van der Waals surface area contributed by atoms with Gasteiger partial charge in [-0.2, -0.15) is 0 Å². The maximum Gasteiger partial charge on any atom is 0.409 e. The fraction of sp³-hybridized carbons (Fsp3) is 0.818. The second kappa shape index (κ2) is 8.56. The minimum atomic E-state index is -0.302. The highest BCUT2D eigenvalue weighted by atomic mass is 79.9. The molecule has 0 aromatic heterocycles. The number of ketones is 1. The zero-order valence-electron chi connectivity index (χ0n) is 10.2. The molecule has 0 saturated carbocycles. The second-order valence-corrected chi connectivity index (χ2v) is 4.32. The van der Waals surface area contributed by atoms with Crippen molar-refractivity contribution in [1.82, 2.24) is 4.90 Å². The molecule has 0 aromatic carbocycles. The molecule has 0 rings (SSSR count). The van der Waals surface area contributed by atoms with Crippen molar-refractivity contribution in [3.05, 3.63) is 0 Å². The molecule has 5 heteroatoms. The molecule has 94 valence electrons. The SMILES string of the molecule is CCOC(=O)N(CCCC(=O)CBr)C(C)C. The highest BCUT2D eigenvalue weighted by Crippen LogP contribution is 2.05. The fourth-order valence-corrected chi connectivity index (χ4v) is 1.56. The first-order chi connectivity index (χ1) is 7.52. The van der Waals surface area contributed by atoms with Gasteiger partial charge in [-0.05, 0) is 27.2 Å². The Morgan fingerprint density at radius 1 is 1.38 bits per heavy atom. The van der Waals surface area contributed by atoms with E-state index in [9.17, 15) is 9.59 Å². The molecule has 0 aliphatic rings. The van der Waals surface area contributed by atoms with Crippen LogP contribution < -0.4 is 0 Å². The first kappa shape index (κ1) is 15.4. The van der Waals surface area contributed by atoms with Gasteiger partial charge in [0.25, 0.3) is 0 Å². The Hall–Kier alpha value is -0.580. The third-order valence-electron chi connectivity index (χ3n) is 2.13. The van der Waals surface area contributed by atoms with E-state index >= 15 is 0 Å². The Kier molecular flexibility index (Phi) is 8.25. The summed E-state index contributed by atoms with van der Waals surface area (Å²) in [5.41, 5.74) is 0. The van der Waals surface area contributed by atoms with Crippen molar-refractivity contribution >= 4 is 27.8 Å². The van der Waals surface area contributed by atoms with Crippen LogP contribution in [0.3, 0.4) is 0 Å². The van der Waals surface area contributed by atoms with Gasteiger partial charge in [-0.15, -0.1) is 0 Å². The van der Waals surface area contributed by atoms with Gasteiger partial charge in [0.2, 0.25) is 0 Å². The van der Waals surface area contributed by atoms with Crippen LogP contribution in [0.15, 0.2) is 0 Å². The third-order valence-corrected chi connectivity index (χ3v) is 2.75. The molecular formula is C11H20BrNO3. The lowest BCUT2D eigenvalue weighted by molar-refractivity contribution is -0.116. The van der Waals surface area contributed by atoms with Crippen LogP contribution in [0, 0.1) is 0 Å². The number of nitrogens with zero attached hydrogens (tertiary/aromatic N) is 1. The first-order valence-electron chi connectivity index (χ1n) is 5.54. The molecule has 0 unspecified atom stereocenters. The summed E-state index contributed by atoms with van der Waals surface area (Å²) in [7, 11) is 0. The maximum absolute atomic E-state index is 11.5. The van der Waals surface area contributed by atoms with Crippen LogP contribution in [0.5, 0.6) is 0 Å². The molecule has 4 nitrogen and oxygen atoms in total. The highest BCUT2D eigenvalue weighted by Gasteiger charge is 2.17. The zero-order valence-corrected chi connectivity index (χ0v) is 11.7. The van der Waals surface area contributed by atoms with Crippen molar-refractivity contribution in [2.75, 3.05) is 18.5 Å². The van der Waals surface area contributed by atoms with E-state index in [1.165, 1.54) is 0 Å². The van der Waals surface area contributed by atoms with Crippen LogP contribution in [-0.4, -0.2) is 41.3 Å². The molecule has 0 atom stereocenters. The Labute approximate surface area is 105 Å². The monoisotopic (exact) mass is 293 g/mol. The summed E-state index contributed by atoms with van der Waals surface area (Å²) >= 11 is 3.11. The number of Topliss-reactive ketones (excluding diaryl/α,β-unsaturated/α-hetero) is 1. The average Bonchev–Trinajstić information content (AvgIpc) is 2.23. The minimum Gasteiger partial charge on any atom is -0.450 e. The van der Waals surface area contributed by atoms with Crippen LogP contribution in [0.1, 0.15) is 33.6 Å². The van der Waals surface area contributed by atoms with Crippen molar-refractivity contribution < 1.29 is 14.3 Å². The van der Waals surface area contributed by atoms with Crippen LogP contribution in [0.25, 0.3) is 0 Å². The summed E-state index contributed by atoms with van der Waals surface area (Å²) in [6.07, 6.45) is 0.874. The molecule has 0 aliphatic carbocycles. The summed E-state index contributed by atoms with van der Waals surface area (Å²) in [4.78, 5) is 24.3. The van der Waals surface area contributed by atoms with Gasteiger partial charge in [-0.3, -0.25) is 4.79 Å².